The highest BCUT2D eigenvalue weighted by Gasteiger charge is 2.32. The number of halogens is 3. The fourth-order valence-electron chi connectivity index (χ4n) is 0.922. The lowest BCUT2D eigenvalue weighted by Crippen LogP contribution is -2.18. The van der Waals surface area contributed by atoms with E-state index in [0.717, 1.165) is 6.07 Å². The molecule has 1 aromatic rings. The first-order valence-electron chi connectivity index (χ1n) is 3.76. The smallest absolute Gasteiger partial charge is 0.402 e. The van der Waals surface area contributed by atoms with Crippen LogP contribution in [0, 0.1) is 18.3 Å². The van der Waals surface area contributed by atoms with Crippen LogP contribution in [0.25, 0.3) is 0 Å². The predicted octanol–water partition coefficient (Wildman–Crippen LogP) is 1.74. The number of ether oxygens (including phenoxy) is 1. The molecule has 0 spiro atoms. The van der Waals surface area contributed by atoms with E-state index in [9.17, 15) is 13.2 Å². The Morgan fingerprint density at radius 1 is 1.53 bits per heavy atom. The molecular weight excluding hydrogens is 211 g/mol. The molecule has 15 heavy (non-hydrogen) atoms. The van der Waals surface area contributed by atoms with Gasteiger partial charge in [-0.1, -0.05) is 0 Å². The maximum Gasteiger partial charge on any atom is 0.573 e. The van der Waals surface area contributed by atoms with Crippen molar-refractivity contribution in [2.24, 2.45) is 0 Å². The molecule has 0 amide bonds. The number of anilines is 1. The van der Waals surface area contributed by atoms with Crippen molar-refractivity contribution < 1.29 is 17.9 Å². The van der Waals surface area contributed by atoms with Crippen molar-refractivity contribution in [2.45, 2.75) is 13.3 Å². The van der Waals surface area contributed by atoms with Crippen molar-refractivity contribution >= 4 is 5.82 Å². The van der Waals surface area contributed by atoms with Crippen LogP contribution in [-0.4, -0.2) is 11.3 Å². The van der Waals surface area contributed by atoms with Gasteiger partial charge in [-0.05, 0) is 18.6 Å². The number of nitrogen functional groups attached to an aromatic ring is 1. The largest absolute Gasteiger partial charge is 0.573 e. The molecule has 1 aromatic heterocycles. The lowest BCUT2D eigenvalue weighted by Gasteiger charge is -2.11. The third-order valence-electron chi connectivity index (χ3n) is 1.54. The van der Waals surface area contributed by atoms with Gasteiger partial charge < -0.3 is 10.5 Å². The topological polar surface area (TPSA) is 71.9 Å². The normalized spacial score (nSPS) is 10.9. The number of rotatable bonds is 1. The summed E-state index contributed by atoms with van der Waals surface area (Å²) in [5, 5.41) is 8.54. The second kappa shape index (κ2) is 3.65. The minimum Gasteiger partial charge on any atom is -0.402 e. The maximum absolute atomic E-state index is 11.9. The van der Waals surface area contributed by atoms with E-state index >= 15 is 0 Å². The fraction of sp³-hybridized carbons (Fsp3) is 0.250. The first-order chi connectivity index (χ1) is 6.83. The molecule has 0 unspecified atom stereocenters. The quantitative estimate of drug-likeness (QED) is 0.777. The Bertz CT molecular complexity index is 422. The zero-order chi connectivity index (χ0) is 11.6. The molecule has 0 radical (unpaired) electrons. The zero-order valence-corrected chi connectivity index (χ0v) is 7.59. The SMILES string of the molecule is Cc1cc(OC(F)(F)F)c(N)nc1C#N. The molecule has 0 aliphatic rings. The van der Waals surface area contributed by atoms with Gasteiger partial charge in [0.05, 0.1) is 0 Å². The van der Waals surface area contributed by atoms with Crippen LogP contribution in [0.2, 0.25) is 0 Å². The van der Waals surface area contributed by atoms with E-state index in [1.54, 1.807) is 6.07 Å². The summed E-state index contributed by atoms with van der Waals surface area (Å²) in [4.78, 5) is 3.47. The summed E-state index contributed by atoms with van der Waals surface area (Å²) >= 11 is 0. The number of alkyl halides is 3. The van der Waals surface area contributed by atoms with E-state index in [1.807, 2.05) is 0 Å². The highest BCUT2D eigenvalue weighted by atomic mass is 19.4. The van der Waals surface area contributed by atoms with Crippen LogP contribution in [0.1, 0.15) is 11.3 Å². The summed E-state index contributed by atoms with van der Waals surface area (Å²) in [5.41, 5.74) is 5.43. The van der Waals surface area contributed by atoms with Crippen molar-refractivity contribution in [3.8, 4) is 11.8 Å². The number of nitrogens with zero attached hydrogens (tertiary/aromatic N) is 2. The summed E-state index contributed by atoms with van der Waals surface area (Å²) in [7, 11) is 0. The lowest BCUT2D eigenvalue weighted by atomic mass is 10.2. The summed E-state index contributed by atoms with van der Waals surface area (Å²) in [6.07, 6.45) is -4.82. The van der Waals surface area contributed by atoms with Crippen molar-refractivity contribution in [1.29, 1.82) is 5.26 Å². The summed E-state index contributed by atoms with van der Waals surface area (Å²) < 4.78 is 39.2. The molecule has 4 nitrogen and oxygen atoms in total. The van der Waals surface area contributed by atoms with Gasteiger partial charge in [0, 0.05) is 0 Å². The molecule has 0 saturated heterocycles. The minimum atomic E-state index is -4.82. The summed E-state index contributed by atoms with van der Waals surface area (Å²) in [5.74, 6) is -1.06. The molecule has 0 aromatic carbocycles. The monoisotopic (exact) mass is 217 g/mol. The Balaban J connectivity index is 3.13. The van der Waals surface area contributed by atoms with E-state index < -0.39 is 17.9 Å². The molecule has 0 aliphatic heterocycles. The second-order valence-corrected chi connectivity index (χ2v) is 2.70. The van der Waals surface area contributed by atoms with E-state index in [4.69, 9.17) is 11.0 Å². The van der Waals surface area contributed by atoms with Gasteiger partial charge in [0.2, 0.25) is 0 Å². The van der Waals surface area contributed by atoms with Crippen molar-refractivity contribution in [3.63, 3.8) is 0 Å². The molecule has 7 heteroatoms. The molecule has 0 saturated carbocycles. The van der Waals surface area contributed by atoms with Crippen LogP contribution in [-0.2, 0) is 0 Å². The van der Waals surface area contributed by atoms with Gasteiger partial charge >= 0.3 is 6.36 Å². The maximum atomic E-state index is 11.9. The minimum absolute atomic E-state index is 0.0259. The van der Waals surface area contributed by atoms with E-state index in [-0.39, 0.29) is 11.3 Å². The summed E-state index contributed by atoms with van der Waals surface area (Å²) in [6, 6.07) is 2.72. The molecule has 1 rings (SSSR count). The second-order valence-electron chi connectivity index (χ2n) is 2.70. The number of hydrogen-bond acceptors (Lipinski definition) is 4. The van der Waals surface area contributed by atoms with Gasteiger partial charge in [0.1, 0.15) is 11.8 Å². The first-order valence-corrected chi connectivity index (χ1v) is 3.76. The number of nitriles is 1. The van der Waals surface area contributed by atoms with Crippen LogP contribution < -0.4 is 10.5 Å². The molecule has 2 N–H and O–H groups in total. The van der Waals surface area contributed by atoms with Gasteiger partial charge in [-0.2, -0.15) is 5.26 Å². The van der Waals surface area contributed by atoms with Gasteiger partial charge in [-0.15, -0.1) is 13.2 Å². The lowest BCUT2D eigenvalue weighted by molar-refractivity contribution is -0.274. The third-order valence-corrected chi connectivity index (χ3v) is 1.54. The average Bonchev–Trinajstić information content (AvgIpc) is 2.08. The van der Waals surface area contributed by atoms with Gasteiger partial charge in [-0.25, -0.2) is 4.98 Å². The number of aromatic nitrogens is 1. The van der Waals surface area contributed by atoms with Gasteiger partial charge in [-0.3, -0.25) is 0 Å². The van der Waals surface area contributed by atoms with Crippen LogP contribution in [0.3, 0.4) is 0 Å². The fourth-order valence-corrected chi connectivity index (χ4v) is 0.922. The van der Waals surface area contributed by atoms with Crippen molar-refractivity contribution in [2.75, 3.05) is 5.73 Å². The van der Waals surface area contributed by atoms with E-state index in [2.05, 4.69) is 9.72 Å². The Labute approximate surface area is 83.1 Å². The molecule has 0 fully saturated rings. The van der Waals surface area contributed by atoms with Crippen molar-refractivity contribution in [1.82, 2.24) is 4.98 Å². The number of aryl methyl sites for hydroxylation is 1. The Kier molecular flexibility index (Phi) is 2.70. The molecule has 0 aliphatic carbocycles. The molecule has 1 heterocycles. The van der Waals surface area contributed by atoms with Crippen LogP contribution in [0.4, 0.5) is 19.0 Å². The zero-order valence-electron chi connectivity index (χ0n) is 7.59. The van der Waals surface area contributed by atoms with Gasteiger partial charge in [0.25, 0.3) is 0 Å². The molecular formula is C8H6F3N3O. The van der Waals surface area contributed by atoms with E-state index in [0.29, 0.717) is 0 Å². The third kappa shape index (κ3) is 2.74. The van der Waals surface area contributed by atoms with Crippen LogP contribution in [0.5, 0.6) is 5.75 Å². The highest BCUT2D eigenvalue weighted by molar-refractivity contribution is 5.51. The van der Waals surface area contributed by atoms with Crippen LogP contribution >= 0.6 is 0 Å². The molecule has 80 valence electrons. The number of pyridine rings is 1. The van der Waals surface area contributed by atoms with Gasteiger partial charge in [0.15, 0.2) is 11.6 Å². The Morgan fingerprint density at radius 3 is 2.60 bits per heavy atom. The molecule has 0 bridgehead atoms. The number of hydrogen-bond donors (Lipinski definition) is 1. The highest BCUT2D eigenvalue weighted by Crippen LogP contribution is 2.28. The number of nitrogens with two attached hydrogens (primary N) is 1. The van der Waals surface area contributed by atoms with E-state index in [1.165, 1.54) is 6.92 Å². The standard InChI is InChI=1S/C8H6F3N3O/c1-4-2-6(15-8(9,10)11)7(13)14-5(4)3-12/h2H,1H3,(H2,13,14). The van der Waals surface area contributed by atoms with Crippen molar-refractivity contribution in [3.05, 3.63) is 17.3 Å². The predicted molar refractivity (Wildman–Crippen MR) is 44.8 cm³/mol. The Morgan fingerprint density at radius 2 is 2.13 bits per heavy atom. The Hall–Kier alpha value is -1.97. The average molecular weight is 217 g/mol. The summed E-state index contributed by atoms with van der Waals surface area (Å²) in [6.45, 7) is 1.44. The molecule has 0 atom stereocenters. The first kappa shape index (κ1) is 11.1. The van der Waals surface area contributed by atoms with Crippen LogP contribution in [0.15, 0.2) is 6.07 Å².